The van der Waals surface area contributed by atoms with Crippen molar-refractivity contribution in [3.05, 3.63) is 40.7 Å². The van der Waals surface area contributed by atoms with Crippen LogP contribution in [-0.2, 0) is 7.05 Å². The van der Waals surface area contributed by atoms with Gasteiger partial charge in [-0.25, -0.2) is 0 Å². The minimum absolute atomic E-state index is 0.0460. The van der Waals surface area contributed by atoms with Gasteiger partial charge in [-0.3, -0.25) is 4.79 Å². The Morgan fingerprint density at radius 2 is 2.21 bits per heavy atom. The Balaban J connectivity index is 2.03. The maximum absolute atomic E-state index is 12.0. The van der Waals surface area contributed by atoms with E-state index in [0.717, 1.165) is 22.3 Å². The Labute approximate surface area is 117 Å². The normalized spacial score (nSPS) is 19.5. The van der Waals surface area contributed by atoms with Gasteiger partial charge in [0, 0.05) is 36.0 Å². The lowest BCUT2D eigenvalue weighted by atomic mass is 10.1. The van der Waals surface area contributed by atoms with E-state index in [1.807, 2.05) is 37.0 Å². The summed E-state index contributed by atoms with van der Waals surface area (Å²) in [7, 11) is 1.82. The number of hydrogen-bond acceptors (Lipinski definition) is 3. The van der Waals surface area contributed by atoms with Gasteiger partial charge in [-0.05, 0) is 24.7 Å². The molecule has 1 saturated heterocycles. The lowest BCUT2D eigenvalue weighted by molar-refractivity contribution is 0.685. The molecule has 0 saturated carbocycles. The molecule has 2 aromatic rings. The molecule has 3 nitrogen and oxygen atoms in total. The highest BCUT2D eigenvalue weighted by molar-refractivity contribution is 7.99. The van der Waals surface area contributed by atoms with E-state index in [1.54, 1.807) is 10.6 Å². The molecule has 2 heterocycles. The minimum Gasteiger partial charge on any atom is -0.381 e. The molecule has 0 spiro atoms. The maximum atomic E-state index is 12.0. The number of hydrogen-bond donors (Lipinski definition) is 1. The van der Waals surface area contributed by atoms with Gasteiger partial charge in [-0.15, -0.1) is 0 Å². The molecular weight excluding hydrogens is 256 g/mol. The Hall–Kier alpha value is -1.42. The number of fused-ring (bicyclic) bond motifs is 1. The van der Waals surface area contributed by atoms with Gasteiger partial charge >= 0.3 is 0 Å². The van der Waals surface area contributed by atoms with Crippen molar-refractivity contribution in [3.8, 4) is 0 Å². The molecule has 1 aliphatic heterocycles. The van der Waals surface area contributed by atoms with Crippen molar-refractivity contribution < 1.29 is 0 Å². The number of benzene rings is 1. The Morgan fingerprint density at radius 3 is 3.00 bits per heavy atom. The predicted octanol–water partition coefficient (Wildman–Crippen LogP) is 2.85. The third-order valence-electron chi connectivity index (χ3n) is 3.67. The summed E-state index contributed by atoms with van der Waals surface area (Å²) < 4.78 is 1.70. The number of pyridine rings is 1. The Morgan fingerprint density at radius 1 is 1.37 bits per heavy atom. The summed E-state index contributed by atoms with van der Waals surface area (Å²) in [6, 6.07) is 10.3. The molecule has 1 aromatic heterocycles. The van der Waals surface area contributed by atoms with E-state index in [0.29, 0.717) is 6.04 Å². The summed E-state index contributed by atoms with van der Waals surface area (Å²) in [6.45, 7) is 0. The number of thioether (sulfide) groups is 1. The SMILES string of the molecule is Cn1c(=O)cc(NC2CCCSC2)c2ccccc21. The average Bonchev–Trinajstić information content (AvgIpc) is 2.46. The Kier molecular flexibility index (Phi) is 3.51. The molecule has 1 unspecified atom stereocenters. The van der Waals surface area contributed by atoms with Crippen LogP contribution in [0.25, 0.3) is 10.9 Å². The van der Waals surface area contributed by atoms with E-state index in [9.17, 15) is 4.79 Å². The summed E-state index contributed by atoms with van der Waals surface area (Å²) in [5, 5.41) is 4.68. The summed E-state index contributed by atoms with van der Waals surface area (Å²) in [4.78, 5) is 12.0. The molecule has 0 bridgehead atoms. The number of aryl methyl sites for hydroxylation is 1. The molecule has 0 radical (unpaired) electrons. The van der Waals surface area contributed by atoms with E-state index in [4.69, 9.17) is 0 Å². The second-order valence-electron chi connectivity index (χ2n) is 5.03. The fourth-order valence-corrected chi connectivity index (χ4v) is 3.68. The topological polar surface area (TPSA) is 34.0 Å². The molecule has 100 valence electrons. The molecule has 1 aliphatic rings. The summed E-state index contributed by atoms with van der Waals surface area (Å²) in [6.07, 6.45) is 2.45. The smallest absolute Gasteiger partial charge is 0.252 e. The van der Waals surface area contributed by atoms with Crippen molar-refractivity contribution in [2.45, 2.75) is 18.9 Å². The zero-order valence-corrected chi connectivity index (χ0v) is 11.9. The van der Waals surface area contributed by atoms with Crippen LogP contribution in [-0.4, -0.2) is 22.1 Å². The third-order valence-corrected chi connectivity index (χ3v) is 4.89. The molecule has 1 fully saturated rings. The monoisotopic (exact) mass is 274 g/mol. The van der Waals surface area contributed by atoms with Crippen LogP contribution in [0.15, 0.2) is 35.1 Å². The first kappa shape index (κ1) is 12.6. The highest BCUT2D eigenvalue weighted by Gasteiger charge is 2.15. The molecule has 4 heteroatoms. The van der Waals surface area contributed by atoms with Crippen LogP contribution < -0.4 is 10.9 Å². The molecule has 1 aromatic carbocycles. The Bertz CT molecular complexity index is 644. The van der Waals surface area contributed by atoms with E-state index >= 15 is 0 Å². The van der Waals surface area contributed by atoms with Gasteiger partial charge in [-0.1, -0.05) is 18.2 Å². The van der Waals surface area contributed by atoms with Gasteiger partial charge in [0.15, 0.2) is 0 Å². The molecule has 1 N–H and O–H groups in total. The number of anilines is 1. The van der Waals surface area contributed by atoms with Crippen LogP contribution in [0.1, 0.15) is 12.8 Å². The second-order valence-corrected chi connectivity index (χ2v) is 6.18. The molecule has 0 aliphatic carbocycles. The molecule has 3 rings (SSSR count). The standard InChI is InChI=1S/C15H18N2OS/c1-17-14-7-3-2-6-12(14)13(9-15(17)18)16-11-5-4-8-19-10-11/h2-3,6-7,9,11,16H,4-5,8,10H2,1H3. The minimum atomic E-state index is 0.0460. The lowest BCUT2D eigenvalue weighted by Crippen LogP contribution is -2.27. The van der Waals surface area contributed by atoms with E-state index in [1.165, 1.54) is 18.6 Å². The van der Waals surface area contributed by atoms with Crippen molar-refractivity contribution in [3.63, 3.8) is 0 Å². The average molecular weight is 274 g/mol. The van der Waals surface area contributed by atoms with Gasteiger partial charge in [0.05, 0.1) is 5.52 Å². The first-order valence-corrected chi connectivity index (χ1v) is 7.84. The van der Waals surface area contributed by atoms with Gasteiger partial charge in [0.25, 0.3) is 5.56 Å². The van der Waals surface area contributed by atoms with Crippen LogP contribution >= 0.6 is 11.8 Å². The zero-order valence-electron chi connectivity index (χ0n) is 11.1. The summed E-state index contributed by atoms with van der Waals surface area (Å²) in [5.74, 6) is 2.39. The van der Waals surface area contributed by atoms with Gasteiger partial charge in [0.1, 0.15) is 0 Å². The maximum Gasteiger partial charge on any atom is 0.252 e. The van der Waals surface area contributed by atoms with Crippen molar-refractivity contribution in [1.29, 1.82) is 0 Å². The van der Waals surface area contributed by atoms with Gasteiger partial charge in [0.2, 0.25) is 0 Å². The molecule has 19 heavy (non-hydrogen) atoms. The summed E-state index contributed by atoms with van der Waals surface area (Å²) in [5.41, 5.74) is 2.01. The van der Waals surface area contributed by atoms with E-state index in [2.05, 4.69) is 11.4 Å². The van der Waals surface area contributed by atoms with E-state index in [-0.39, 0.29) is 5.56 Å². The van der Waals surface area contributed by atoms with Crippen LogP contribution in [0.4, 0.5) is 5.69 Å². The number of nitrogens with zero attached hydrogens (tertiary/aromatic N) is 1. The lowest BCUT2D eigenvalue weighted by Gasteiger charge is -2.24. The number of nitrogens with one attached hydrogen (secondary N) is 1. The number of aromatic nitrogens is 1. The van der Waals surface area contributed by atoms with Gasteiger partial charge in [-0.2, -0.15) is 11.8 Å². The molecule has 1 atom stereocenters. The van der Waals surface area contributed by atoms with Crippen molar-refractivity contribution in [2.24, 2.45) is 7.05 Å². The van der Waals surface area contributed by atoms with Crippen LogP contribution in [0.3, 0.4) is 0 Å². The van der Waals surface area contributed by atoms with Crippen LogP contribution in [0, 0.1) is 0 Å². The first-order valence-electron chi connectivity index (χ1n) is 6.69. The zero-order chi connectivity index (χ0) is 13.2. The van der Waals surface area contributed by atoms with Crippen molar-refractivity contribution in [1.82, 2.24) is 4.57 Å². The fourth-order valence-electron chi connectivity index (χ4n) is 2.60. The van der Waals surface area contributed by atoms with Crippen LogP contribution in [0.2, 0.25) is 0 Å². The predicted molar refractivity (Wildman–Crippen MR) is 83.2 cm³/mol. The third kappa shape index (κ3) is 2.50. The largest absolute Gasteiger partial charge is 0.381 e. The van der Waals surface area contributed by atoms with Crippen LogP contribution in [0.5, 0.6) is 0 Å². The fraction of sp³-hybridized carbons (Fsp3) is 0.400. The van der Waals surface area contributed by atoms with Crippen molar-refractivity contribution >= 4 is 28.4 Å². The molecular formula is C15H18N2OS. The number of rotatable bonds is 2. The second kappa shape index (κ2) is 5.29. The van der Waals surface area contributed by atoms with Crippen molar-refractivity contribution in [2.75, 3.05) is 16.8 Å². The highest BCUT2D eigenvalue weighted by atomic mass is 32.2. The van der Waals surface area contributed by atoms with E-state index < -0.39 is 0 Å². The van der Waals surface area contributed by atoms with Gasteiger partial charge < -0.3 is 9.88 Å². The first-order chi connectivity index (χ1) is 9.25. The molecule has 0 amide bonds. The highest BCUT2D eigenvalue weighted by Crippen LogP contribution is 2.25. The number of para-hydroxylation sites is 1. The quantitative estimate of drug-likeness (QED) is 0.914. The summed E-state index contributed by atoms with van der Waals surface area (Å²) >= 11 is 1.99.